The molecule has 0 spiro atoms. The third-order valence-corrected chi connectivity index (χ3v) is 4.05. The Kier molecular flexibility index (Phi) is 8.14. The SMILES string of the molecule is C#C/C(=C(N)\C=C/C=C)N(CCCC)C(=O)C1CCCCC1. The molecule has 1 fully saturated rings. The van der Waals surface area contributed by atoms with Gasteiger partial charge in [-0.05, 0) is 31.3 Å². The predicted molar refractivity (Wildman–Crippen MR) is 92.6 cm³/mol. The van der Waals surface area contributed by atoms with Crippen LogP contribution in [0.5, 0.6) is 0 Å². The van der Waals surface area contributed by atoms with Gasteiger partial charge in [0.1, 0.15) is 5.70 Å². The van der Waals surface area contributed by atoms with Gasteiger partial charge in [0.25, 0.3) is 0 Å². The van der Waals surface area contributed by atoms with Crippen molar-refractivity contribution in [3.05, 3.63) is 36.2 Å². The fraction of sp³-hybridized carbons (Fsp3) is 0.526. The second-order valence-corrected chi connectivity index (χ2v) is 5.72. The molecular formula is C19H28N2O. The molecule has 1 saturated carbocycles. The molecule has 0 atom stereocenters. The molecule has 1 amide bonds. The quantitative estimate of drug-likeness (QED) is 0.575. The topological polar surface area (TPSA) is 46.3 Å². The summed E-state index contributed by atoms with van der Waals surface area (Å²) in [5.41, 5.74) is 7.00. The lowest BCUT2D eigenvalue weighted by Crippen LogP contribution is -2.38. The number of hydrogen-bond acceptors (Lipinski definition) is 2. The molecule has 0 radical (unpaired) electrons. The maximum absolute atomic E-state index is 12.9. The first-order valence-corrected chi connectivity index (χ1v) is 8.22. The van der Waals surface area contributed by atoms with Crippen molar-refractivity contribution in [2.24, 2.45) is 11.7 Å². The number of amides is 1. The Morgan fingerprint density at radius 3 is 2.64 bits per heavy atom. The zero-order valence-electron chi connectivity index (χ0n) is 13.7. The molecule has 22 heavy (non-hydrogen) atoms. The molecule has 0 aromatic rings. The molecule has 1 aliphatic rings. The molecule has 2 N–H and O–H groups in total. The molecule has 3 heteroatoms. The van der Waals surface area contributed by atoms with Gasteiger partial charge in [0.2, 0.25) is 5.91 Å². The van der Waals surface area contributed by atoms with Gasteiger partial charge in [-0.15, -0.1) is 6.42 Å². The van der Waals surface area contributed by atoms with Crippen molar-refractivity contribution >= 4 is 5.91 Å². The number of carbonyl (C=O) groups excluding carboxylic acids is 1. The summed E-state index contributed by atoms with van der Waals surface area (Å²) in [5.74, 6) is 2.84. The summed E-state index contributed by atoms with van der Waals surface area (Å²) in [7, 11) is 0. The zero-order chi connectivity index (χ0) is 16.4. The third-order valence-electron chi connectivity index (χ3n) is 4.05. The second kappa shape index (κ2) is 9.89. The number of unbranched alkanes of at least 4 members (excludes halogenated alkanes) is 1. The highest BCUT2D eigenvalue weighted by atomic mass is 16.2. The van der Waals surface area contributed by atoms with Gasteiger partial charge >= 0.3 is 0 Å². The van der Waals surface area contributed by atoms with Gasteiger partial charge in [-0.3, -0.25) is 4.79 Å². The van der Waals surface area contributed by atoms with E-state index >= 15 is 0 Å². The van der Waals surface area contributed by atoms with Crippen LogP contribution in [-0.4, -0.2) is 17.4 Å². The van der Waals surface area contributed by atoms with Gasteiger partial charge in [0, 0.05) is 12.5 Å². The van der Waals surface area contributed by atoms with E-state index in [1.165, 1.54) is 6.42 Å². The van der Waals surface area contributed by atoms with Crippen molar-refractivity contribution in [3.63, 3.8) is 0 Å². The van der Waals surface area contributed by atoms with Crippen LogP contribution in [0, 0.1) is 18.3 Å². The molecule has 0 saturated heterocycles. The first-order valence-electron chi connectivity index (χ1n) is 8.22. The van der Waals surface area contributed by atoms with Gasteiger partial charge in [-0.2, -0.15) is 0 Å². The number of allylic oxidation sites excluding steroid dienone is 4. The molecular weight excluding hydrogens is 272 g/mol. The van der Waals surface area contributed by atoms with Gasteiger partial charge in [0.15, 0.2) is 0 Å². The Hall–Kier alpha value is -1.95. The average Bonchev–Trinajstić information content (AvgIpc) is 2.56. The Labute approximate surface area is 134 Å². The summed E-state index contributed by atoms with van der Waals surface area (Å²) >= 11 is 0. The summed E-state index contributed by atoms with van der Waals surface area (Å²) in [5, 5.41) is 0. The fourth-order valence-electron chi connectivity index (χ4n) is 2.79. The first-order chi connectivity index (χ1) is 10.7. The van der Waals surface area contributed by atoms with Gasteiger partial charge in [-0.25, -0.2) is 0 Å². The van der Waals surface area contributed by atoms with E-state index in [0.29, 0.717) is 17.9 Å². The average molecular weight is 300 g/mol. The minimum absolute atomic E-state index is 0.0881. The van der Waals surface area contributed by atoms with Crippen LogP contribution in [0.15, 0.2) is 36.2 Å². The maximum Gasteiger partial charge on any atom is 0.230 e. The van der Waals surface area contributed by atoms with Gasteiger partial charge in [-0.1, -0.05) is 51.3 Å². The number of terminal acetylenes is 1. The zero-order valence-corrected chi connectivity index (χ0v) is 13.7. The van der Waals surface area contributed by atoms with Crippen LogP contribution < -0.4 is 5.73 Å². The largest absolute Gasteiger partial charge is 0.396 e. The summed E-state index contributed by atoms with van der Waals surface area (Å²) < 4.78 is 0. The van der Waals surface area contributed by atoms with Crippen LogP contribution in [0.4, 0.5) is 0 Å². The van der Waals surface area contributed by atoms with Crippen molar-refractivity contribution in [3.8, 4) is 12.3 Å². The van der Waals surface area contributed by atoms with E-state index in [9.17, 15) is 4.79 Å². The van der Waals surface area contributed by atoms with E-state index < -0.39 is 0 Å². The lowest BCUT2D eigenvalue weighted by molar-refractivity contribution is -0.134. The van der Waals surface area contributed by atoms with Crippen molar-refractivity contribution in [2.45, 2.75) is 51.9 Å². The van der Waals surface area contributed by atoms with Crippen LogP contribution >= 0.6 is 0 Å². The molecule has 0 aliphatic heterocycles. The molecule has 120 valence electrons. The van der Waals surface area contributed by atoms with Gasteiger partial charge in [0.05, 0.1) is 5.70 Å². The maximum atomic E-state index is 12.9. The van der Waals surface area contributed by atoms with E-state index in [0.717, 1.165) is 38.5 Å². The number of nitrogens with zero attached hydrogens (tertiary/aromatic N) is 1. The lowest BCUT2D eigenvalue weighted by atomic mass is 9.88. The van der Waals surface area contributed by atoms with Crippen LogP contribution in [0.2, 0.25) is 0 Å². The van der Waals surface area contributed by atoms with Crippen LogP contribution in [0.3, 0.4) is 0 Å². The van der Waals surface area contributed by atoms with Gasteiger partial charge < -0.3 is 10.6 Å². The van der Waals surface area contributed by atoms with Crippen LogP contribution in [-0.2, 0) is 4.79 Å². The molecule has 0 aromatic carbocycles. The Morgan fingerprint density at radius 2 is 2.09 bits per heavy atom. The van der Waals surface area contributed by atoms with Crippen molar-refractivity contribution < 1.29 is 4.79 Å². The molecule has 1 rings (SSSR count). The lowest BCUT2D eigenvalue weighted by Gasteiger charge is -2.29. The minimum atomic E-state index is 0.0881. The number of hydrogen-bond donors (Lipinski definition) is 1. The smallest absolute Gasteiger partial charge is 0.230 e. The molecule has 0 aromatic heterocycles. The minimum Gasteiger partial charge on any atom is -0.396 e. The molecule has 0 bridgehead atoms. The van der Waals surface area contributed by atoms with E-state index in [1.54, 1.807) is 23.1 Å². The van der Waals surface area contributed by atoms with E-state index in [-0.39, 0.29) is 11.8 Å². The normalized spacial score (nSPS) is 16.9. The highest BCUT2D eigenvalue weighted by Gasteiger charge is 2.28. The Bertz CT molecular complexity index is 476. The third kappa shape index (κ3) is 5.11. The van der Waals surface area contributed by atoms with Crippen LogP contribution in [0.25, 0.3) is 0 Å². The summed E-state index contributed by atoms with van der Waals surface area (Å²) in [6, 6.07) is 0. The summed E-state index contributed by atoms with van der Waals surface area (Å²) in [6.45, 7) is 6.36. The molecule has 0 unspecified atom stereocenters. The molecule has 1 aliphatic carbocycles. The van der Waals surface area contributed by atoms with E-state index in [2.05, 4.69) is 19.4 Å². The predicted octanol–water partition coefficient (Wildman–Crippen LogP) is 3.74. The fourth-order valence-corrected chi connectivity index (χ4v) is 2.79. The first kappa shape index (κ1) is 18.1. The monoisotopic (exact) mass is 300 g/mol. The Morgan fingerprint density at radius 1 is 1.41 bits per heavy atom. The van der Waals surface area contributed by atoms with E-state index in [4.69, 9.17) is 12.2 Å². The molecule has 0 heterocycles. The summed E-state index contributed by atoms with van der Waals surface area (Å²) in [6.07, 6.45) is 18.0. The van der Waals surface area contributed by atoms with E-state index in [1.807, 2.05) is 0 Å². The van der Waals surface area contributed by atoms with Crippen molar-refractivity contribution in [1.82, 2.24) is 4.90 Å². The number of nitrogens with two attached hydrogens (primary N) is 1. The molecule has 3 nitrogen and oxygen atoms in total. The summed E-state index contributed by atoms with van der Waals surface area (Å²) in [4.78, 5) is 14.6. The highest BCUT2D eigenvalue weighted by Crippen LogP contribution is 2.27. The number of rotatable bonds is 7. The Balaban J connectivity index is 3.03. The second-order valence-electron chi connectivity index (χ2n) is 5.72. The number of carbonyl (C=O) groups is 1. The van der Waals surface area contributed by atoms with Crippen LogP contribution in [0.1, 0.15) is 51.9 Å². The standard InChI is InChI=1S/C19H28N2O/c1-4-7-14-17(20)18(6-3)21(15-8-5-2)19(22)16-12-10-9-11-13-16/h3-4,7,14,16H,1,5,8-13,15,20H2,2H3/b14-7-,18-17-. The van der Waals surface area contributed by atoms with Crippen molar-refractivity contribution in [2.75, 3.05) is 6.54 Å². The highest BCUT2D eigenvalue weighted by molar-refractivity contribution is 5.81. The van der Waals surface area contributed by atoms with Crippen molar-refractivity contribution in [1.29, 1.82) is 0 Å².